The monoisotopic (exact) mass is 317 g/mol. The zero-order valence-corrected chi connectivity index (χ0v) is 11.5. The van der Waals surface area contributed by atoms with E-state index >= 15 is 0 Å². The first-order chi connectivity index (χ1) is 11.1. The van der Waals surface area contributed by atoms with Crippen LogP contribution in [0.15, 0.2) is 53.3 Å². The fraction of sp³-hybridized carbons (Fsp3) is 0. The molecule has 0 saturated carbocycles. The quantitative estimate of drug-likeness (QED) is 0.731. The largest absolute Gasteiger partial charge is 0.377 e. The summed E-state index contributed by atoms with van der Waals surface area (Å²) in [4.78, 5) is 24.1. The number of aromatic nitrogens is 4. The van der Waals surface area contributed by atoms with Crippen molar-refractivity contribution in [3.05, 3.63) is 70.6 Å². The topological polar surface area (TPSA) is 81.8 Å². The predicted octanol–water partition coefficient (Wildman–Crippen LogP) is 1.79. The molecule has 0 saturated heterocycles. The zero-order valence-electron chi connectivity index (χ0n) is 11.5. The van der Waals surface area contributed by atoms with Crippen molar-refractivity contribution in [1.82, 2.24) is 19.8 Å². The van der Waals surface area contributed by atoms with Gasteiger partial charge in [0.25, 0.3) is 0 Å². The smallest absolute Gasteiger partial charge is 0.306 e. The maximum Gasteiger partial charge on any atom is 0.377 e. The summed E-state index contributed by atoms with van der Waals surface area (Å²) in [7, 11) is 0. The van der Waals surface area contributed by atoms with Crippen molar-refractivity contribution >= 4 is 11.7 Å². The van der Waals surface area contributed by atoms with E-state index in [1.807, 2.05) is 0 Å². The Kier molecular flexibility index (Phi) is 3.67. The number of rotatable bonds is 2. The van der Waals surface area contributed by atoms with Crippen LogP contribution >= 0.6 is 0 Å². The molecule has 0 aliphatic carbocycles. The lowest BCUT2D eigenvalue weighted by atomic mass is 10.3. The molecule has 1 N–H and O–H groups in total. The van der Waals surface area contributed by atoms with Crippen molar-refractivity contribution in [2.24, 2.45) is 0 Å². The minimum Gasteiger partial charge on any atom is -0.306 e. The molecule has 0 fully saturated rings. The maximum absolute atomic E-state index is 13.7. The van der Waals surface area contributed by atoms with Crippen LogP contribution in [-0.4, -0.2) is 25.8 Å². The Morgan fingerprint density at radius 2 is 1.61 bits per heavy atom. The lowest BCUT2D eigenvalue weighted by Crippen LogP contribution is -2.33. The molecule has 0 radical (unpaired) electrons. The van der Waals surface area contributed by atoms with E-state index in [-0.39, 0.29) is 0 Å². The molecular weight excluding hydrogens is 308 g/mol. The van der Waals surface area contributed by atoms with Crippen LogP contribution in [-0.2, 0) is 0 Å². The fourth-order valence-corrected chi connectivity index (χ4v) is 1.90. The van der Waals surface area contributed by atoms with Gasteiger partial charge in [0.1, 0.15) is 5.69 Å². The molecule has 0 bridgehead atoms. The number of hydrogen-bond acceptors (Lipinski definition) is 4. The van der Waals surface area contributed by atoms with Gasteiger partial charge in [-0.05, 0) is 34.7 Å². The number of anilines is 1. The minimum atomic E-state index is -1.09. The summed E-state index contributed by atoms with van der Waals surface area (Å²) in [6.07, 6.45) is 0. The van der Waals surface area contributed by atoms with E-state index in [2.05, 4.69) is 15.7 Å². The number of carbonyl (C=O) groups is 1. The summed E-state index contributed by atoms with van der Waals surface area (Å²) < 4.78 is 28.2. The van der Waals surface area contributed by atoms with Gasteiger partial charge in [0.2, 0.25) is 0 Å². The molecule has 1 heterocycles. The van der Waals surface area contributed by atoms with Crippen LogP contribution in [0, 0.1) is 11.6 Å². The van der Waals surface area contributed by atoms with Crippen molar-refractivity contribution in [1.29, 1.82) is 0 Å². The first kappa shape index (κ1) is 14.6. The normalized spacial score (nSPS) is 10.5. The number of nitrogens with one attached hydrogen (secondary N) is 1. The van der Waals surface area contributed by atoms with E-state index in [0.29, 0.717) is 15.1 Å². The first-order valence-electron chi connectivity index (χ1n) is 6.44. The second kappa shape index (κ2) is 5.79. The summed E-state index contributed by atoms with van der Waals surface area (Å²) in [5.74, 6) is -2.00. The number of halogens is 2. The van der Waals surface area contributed by atoms with E-state index in [1.165, 1.54) is 0 Å². The highest BCUT2D eigenvalue weighted by Gasteiger charge is 2.20. The highest BCUT2D eigenvalue weighted by molar-refractivity contribution is 5.90. The van der Waals surface area contributed by atoms with Crippen molar-refractivity contribution in [3.8, 4) is 5.69 Å². The Balaban J connectivity index is 1.97. The highest BCUT2D eigenvalue weighted by atomic mass is 19.1. The van der Waals surface area contributed by atoms with Crippen LogP contribution in [0.25, 0.3) is 5.69 Å². The summed E-state index contributed by atoms with van der Waals surface area (Å²) >= 11 is 0. The van der Waals surface area contributed by atoms with E-state index in [0.717, 1.165) is 18.2 Å². The summed E-state index contributed by atoms with van der Waals surface area (Å²) in [6, 6.07) is 10.5. The molecule has 0 aliphatic heterocycles. The summed E-state index contributed by atoms with van der Waals surface area (Å²) in [5.41, 5.74) is -1.37. The molecule has 2 aromatic carbocycles. The molecule has 0 spiro atoms. The number of para-hydroxylation sites is 2. The van der Waals surface area contributed by atoms with Crippen LogP contribution < -0.4 is 11.0 Å². The number of nitrogens with zero attached hydrogens (tertiary/aromatic N) is 4. The van der Waals surface area contributed by atoms with Gasteiger partial charge in [0, 0.05) is 5.69 Å². The lowest BCUT2D eigenvalue weighted by molar-refractivity contribution is 0.249. The molecule has 7 nitrogen and oxygen atoms in total. The number of benzene rings is 2. The van der Waals surface area contributed by atoms with Gasteiger partial charge in [-0.2, -0.15) is 4.68 Å². The Hall–Kier alpha value is -3.36. The van der Waals surface area contributed by atoms with Gasteiger partial charge in [-0.1, -0.05) is 24.3 Å². The fourth-order valence-electron chi connectivity index (χ4n) is 1.90. The number of amides is 1. The van der Waals surface area contributed by atoms with E-state index in [1.54, 1.807) is 30.3 Å². The third-order valence-corrected chi connectivity index (χ3v) is 2.95. The average Bonchev–Trinajstić information content (AvgIpc) is 2.90. The Morgan fingerprint density at radius 3 is 2.26 bits per heavy atom. The molecule has 1 aromatic heterocycles. The molecule has 0 atom stereocenters. The van der Waals surface area contributed by atoms with Gasteiger partial charge in [0.15, 0.2) is 11.6 Å². The van der Waals surface area contributed by atoms with Crippen LogP contribution in [0.1, 0.15) is 0 Å². The molecule has 3 rings (SSSR count). The molecule has 0 aliphatic rings. The standard InChI is InChI=1S/C14H9F2N5O2/c15-10-7-4-8-11(16)12(10)20-14(23)21(19-18-20)13(22)17-9-5-2-1-3-6-9/h1-8H,(H,17,22). The lowest BCUT2D eigenvalue weighted by Gasteiger charge is -2.03. The summed E-state index contributed by atoms with van der Waals surface area (Å²) in [6.45, 7) is 0. The Bertz CT molecular complexity index is 900. The predicted molar refractivity (Wildman–Crippen MR) is 76.4 cm³/mol. The number of carbonyl (C=O) groups excluding carboxylic acids is 1. The van der Waals surface area contributed by atoms with Crippen molar-refractivity contribution in [2.75, 3.05) is 5.32 Å². The van der Waals surface area contributed by atoms with Crippen LogP contribution in [0.4, 0.5) is 19.3 Å². The van der Waals surface area contributed by atoms with Crippen LogP contribution in [0.3, 0.4) is 0 Å². The van der Waals surface area contributed by atoms with Crippen molar-refractivity contribution < 1.29 is 13.6 Å². The Labute approximate surface area is 127 Å². The third kappa shape index (κ3) is 2.71. The number of hydrogen-bond donors (Lipinski definition) is 1. The average molecular weight is 317 g/mol. The maximum atomic E-state index is 13.7. The van der Waals surface area contributed by atoms with Gasteiger partial charge in [-0.3, -0.25) is 0 Å². The Morgan fingerprint density at radius 1 is 0.957 bits per heavy atom. The molecular formula is C14H9F2N5O2. The highest BCUT2D eigenvalue weighted by Crippen LogP contribution is 2.14. The zero-order chi connectivity index (χ0) is 16.4. The molecule has 116 valence electrons. The van der Waals surface area contributed by atoms with E-state index in [4.69, 9.17) is 0 Å². The van der Waals surface area contributed by atoms with Gasteiger partial charge in [0.05, 0.1) is 0 Å². The van der Waals surface area contributed by atoms with Gasteiger partial charge >= 0.3 is 11.7 Å². The van der Waals surface area contributed by atoms with Gasteiger partial charge in [-0.15, -0.1) is 4.68 Å². The van der Waals surface area contributed by atoms with Crippen LogP contribution in [0.5, 0.6) is 0 Å². The minimum absolute atomic E-state index is 0.374. The molecule has 0 unspecified atom stereocenters. The van der Waals surface area contributed by atoms with Crippen molar-refractivity contribution in [2.45, 2.75) is 0 Å². The van der Waals surface area contributed by atoms with E-state index < -0.39 is 29.0 Å². The molecule has 9 heteroatoms. The SMILES string of the molecule is O=C(Nc1ccccc1)n1nnn(-c2c(F)cccc2F)c1=O. The number of tetrazole rings is 1. The summed E-state index contributed by atoms with van der Waals surface area (Å²) in [5, 5.41) is 9.10. The molecule has 3 aromatic rings. The molecule has 1 amide bonds. The van der Waals surface area contributed by atoms with Gasteiger partial charge < -0.3 is 5.32 Å². The van der Waals surface area contributed by atoms with E-state index in [9.17, 15) is 18.4 Å². The van der Waals surface area contributed by atoms with Crippen LogP contribution in [0.2, 0.25) is 0 Å². The first-order valence-corrected chi connectivity index (χ1v) is 6.44. The second-order valence-electron chi connectivity index (χ2n) is 4.45. The third-order valence-electron chi connectivity index (χ3n) is 2.95. The second-order valence-corrected chi connectivity index (χ2v) is 4.45. The van der Waals surface area contributed by atoms with Gasteiger partial charge in [-0.25, -0.2) is 18.4 Å². The molecule has 23 heavy (non-hydrogen) atoms. The van der Waals surface area contributed by atoms with Crippen molar-refractivity contribution in [3.63, 3.8) is 0 Å².